The van der Waals surface area contributed by atoms with Crippen molar-refractivity contribution < 1.29 is 9.59 Å². The van der Waals surface area contributed by atoms with Crippen LogP contribution in [0.3, 0.4) is 0 Å². The first-order valence-corrected chi connectivity index (χ1v) is 8.51. The number of benzene rings is 1. The van der Waals surface area contributed by atoms with Crippen molar-refractivity contribution in [2.75, 3.05) is 23.7 Å². The van der Waals surface area contributed by atoms with E-state index in [1.807, 2.05) is 24.3 Å². The highest BCUT2D eigenvalue weighted by Gasteiger charge is 2.26. The molecule has 0 saturated heterocycles. The Bertz CT molecular complexity index is 554. The molecule has 5 nitrogen and oxygen atoms in total. The molecule has 1 unspecified atom stereocenters. The Morgan fingerprint density at radius 2 is 2.09 bits per heavy atom. The first kappa shape index (κ1) is 19.8. The Morgan fingerprint density at radius 1 is 1.39 bits per heavy atom. The van der Waals surface area contributed by atoms with Gasteiger partial charge in [0.2, 0.25) is 11.8 Å². The Kier molecular flexibility index (Phi) is 7.88. The third-order valence-corrected chi connectivity index (χ3v) is 4.56. The molecule has 0 bridgehead atoms. The second kappa shape index (κ2) is 9.15. The summed E-state index contributed by atoms with van der Waals surface area (Å²) >= 11 is 1.51. The predicted octanol–water partition coefficient (Wildman–Crippen LogP) is 2.04. The molecule has 3 N–H and O–H groups in total. The number of carbonyl (C=O) groups excluding carboxylic acids is 2. The zero-order valence-corrected chi connectivity index (χ0v) is 15.1. The number of carbonyl (C=O) groups is 2. The van der Waals surface area contributed by atoms with Crippen LogP contribution in [0.1, 0.15) is 20.3 Å². The fraction of sp³-hybridized carbons (Fsp3) is 0.500. The van der Waals surface area contributed by atoms with Gasteiger partial charge in [0.25, 0.3) is 0 Å². The number of para-hydroxylation sites is 1. The van der Waals surface area contributed by atoms with E-state index in [0.29, 0.717) is 18.2 Å². The molecule has 1 aliphatic heterocycles. The van der Waals surface area contributed by atoms with E-state index in [9.17, 15) is 9.59 Å². The molecule has 0 saturated carbocycles. The Labute approximate surface area is 147 Å². The number of thioether (sulfide) groups is 1. The van der Waals surface area contributed by atoms with E-state index in [4.69, 9.17) is 5.73 Å². The topological polar surface area (TPSA) is 75.4 Å². The highest BCUT2D eigenvalue weighted by molar-refractivity contribution is 8.00. The van der Waals surface area contributed by atoms with Crippen molar-refractivity contribution in [3.63, 3.8) is 0 Å². The molecule has 1 atom stereocenters. The van der Waals surface area contributed by atoms with Crippen LogP contribution in [0, 0.1) is 5.92 Å². The third kappa shape index (κ3) is 5.41. The summed E-state index contributed by atoms with van der Waals surface area (Å²) in [7, 11) is 0. The monoisotopic (exact) mass is 357 g/mol. The molecular weight excluding hydrogens is 334 g/mol. The molecule has 23 heavy (non-hydrogen) atoms. The standard InChI is InChI=1S/C16H23N3O2S.ClH/c1-11(2)7-12(8-17)18-15(20)9-19-13-5-3-4-6-14(13)22-10-16(19)21;/h3-6,11-12H,7-10,17H2,1-2H3,(H,18,20);1H. The van der Waals surface area contributed by atoms with Crippen molar-refractivity contribution in [1.82, 2.24) is 5.32 Å². The van der Waals surface area contributed by atoms with Gasteiger partial charge >= 0.3 is 0 Å². The number of amides is 2. The highest BCUT2D eigenvalue weighted by Crippen LogP contribution is 2.34. The fourth-order valence-electron chi connectivity index (χ4n) is 2.53. The van der Waals surface area contributed by atoms with Crippen LogP contribution in [-0.2, 0) is 9.59 Å². The molecule has 0 fully saturated rings. The van der Waals surface area contributed by atoms with Crippen LogP contribution in [-0.4, -0.2) is 36.7 Å². The molecule has 128 valence electrons. The summed E-state index contributed by atoms with van der Waals surface area (Å²) in [6, 6.07) is 7.62. The van der Waals surface area contributed by atoms with Crippen molar-refractivity contribution in [3.8, 4) is 0 Å². The first-order chi connectivity index (χ1) is 10.5. The smallest absolute Gasteiger partial charge is 0.240 e. The zero-order chi connectivity index (χ0) is 16.1. The van der Waals surface area contributed by atoms with Gasteiger partial charge in [-0.05, 0) is 24.5 Å². The van der Waals surface area contributed by atoms with E-state index in [1.54, 1.807) is 4.90 Å². The average Bonchev–Trinajstić information content (AvgIpc) is 2.49. The maximum atomic E-state index is 12.3. The highest BCUT2D eigenvalue weighted by atomic mass is 35.5. The lowest BCUT2D eigenvalue weighted by Crippen LogP contribution is -2.48. The van der Waals surface area contributed by atoms with Crippen molar-refractivity contribution in [1.29, 1.82) is 0 Å². The Hall–Kier alpha value is -1.24. The van der Waals surface area contributed by atoms with Gasteiger partial charge in [0.05, 0.1) is 11.4 Å². The SMILES string of the molecule is CC(C)CC(CN)NC(=O)CN1C(=O)CSc2ccccc21.Cl. The number of fused-ring (bicyclic) bond motifs is 1. The molecular formula is C16H24ClN3O2S. The van der Waals surface area contributed by atoms with Gasteiger partial charge in [-0.15, -0.1) is 24.2 Å². The molecule has 1 aromatic carbocycles. The lowest BCUT2D eigenvalue weighted by Gasteiger charge is -2.29. The van der Waals surface area contributed by atoms with E-state index in [2.05, 4.69) is 19.2 Å². The molecule has 0 aromatic heterocycles. The number of halogens is 1. The van der Waals surface area contributed by atoms with Gasteiger partial charge < -0.3 is 16.0 Å². The summed E-state index contributed by atoms with van der Waals surface area (Å²) in [5.74, 6) is 0.636. The van der Waals surface area contributed by atoms with Crippen LogP contribution in [0.2, 0.25) is 0 Å². The summed E-state index contributed by atoms with van der Waals surface area (Å²) < 4.78 is 0. The summed E-state index contributed by atoms with van der Waals surface area (Å²) in [4.78, 5) is 27.0. The van der Waals surface area contributed by atoms with Crippen LogP contribution in [0.5, 0.6) is 0 Å². The average molecular weight is 358 g/mol. The summed E-state index contributed by atoms with van der Waals surface area (Å²) in [6.07, 6.45) is 0.836. The van der Waals surface area contributed by atoms with Crippen LogP contribution in [0.4, 0.5) is 5.69 Å². The van der Waals surface area contributed by atoms with Crippen molar-refractivity contribution in [2.24, 2.45) is 11.7 Å². The van der Waals surface area contributed by atoms with Crippen molar-refractivity contribution in [2.45, 2.75) is 31.2 Å². The van der Waals surface area contributed by atoms with Crippen LogP contribution < -0.4 is 16.0 Å². The molecule has 0 aliphatic carbocycles. The lowest BCUT2D eigenvalue weighted by molar-refractivity contribution is -0.123. The number of nitrogens with one attached hydrogen (secondary N) is 1. The maximum Gasteiger partial charge on any atom is 0.240 e. The molecule has 2 rings (SSSR count). The number of rotatable bonds is 6. The first-order valence-electron chi connectivity index (χ1n) is 7.53. The van der Waals surface area contributed by atoms with Gasteiger partial charge in [-0.2, -0.15) is 0 Å². The second-order valence-corrected chi connectivity index (χ2v) is 6.88. The van der Waals surface area contributed by atoms with Gasteiger partial charge in [-0.3, -0.25) is 9.59 Å². The van der Waals surface area contributed by atoms with Gasteiger partial charge in [0, 0.05) is 17.5 Å². The van der Waals surface area contributed by atoms with Crippen molar-refractivity contribution >= 4 is 41.7 Å². The quantitative estimate of drug-likeness (QED) is 0.816. The van der Waals surface area contributed by atoms with E-state index < -0.39 is 0 Å². The van der Waals surface area contributed by atoms with Crippen LogP contribution in [0.15, 0.2) is 29.2 Å². The summed E-state index contributed by atoms with van der Waals surface area (Å²) in [5, 5.41) is 2.93. The molecule has 2 amide bonds. The second-order valence-electron chi connectivity index (χ2n) is 5.87. The van der Waals surface area contributed by atoms with E-state index >= 15 is 0 Å². The van der Waals surface area contributed by atoms with Gasteiger partial charge in [-0.1, -0.05) is 26.0 Å². The predicted molar refractivity (Wildman–Crippen MR) is 97.2 cm³/mol. The summed E-state index contributed by atoms with van der Waals surface area (Å²) in [5.41, 5.74) is 6.52. The molecule has 0 spiro atoms. The third-order valence-electron chi connectivity index (χ3n) is 3.52. The zero-order valence-electron chi connectivity index (χ0n) is 13.5. The van der Waals surface area contributed by atoms with E-state index in [0.717, 1.165) is 17.0 Å². The lowest BCUT2D eigenvalue weighted by atomic mass is 10.0. The van der Waals surface area contributed by atoms with E-state index in [1.165, 1.54) is 11.8 Å². The fourth-order valence-corrected chi connectivity index (χ4v) is 3.46. The Morgan fingerprint density at radius 3 is 2.74 bits per heavy atom. The molecule has 1 aromatic rings. The molecule has 1 heterocycles. The molecule has 1 aliphatic rings. The molecule has 0 radical (unpaired) electrons. The number of hydrogen-bond acceptors (Lipinski definition) is 4. The van der Waals surface area contributed by atoms with Gasteiger partial charge in [0.1, 0.15) is 6.54 Å². The maximum absolute atomic E-state index is 12.3. The normalized spacial score (nSPS) is 15.0. The van der Waals surface area contributed by atoms with Crippen LogP contribution in [0.25, 0.3) is 0 Å². The minimum Gasteiger partial charge on any atom is -0.351 e. The van der Waals surface area contributed by atoms with Gasteiger partial charge in [-0.25, -0.2) is 0 Å². The molecule has 7 heteroatoms. The minimum absolute atomic E-state index is 0. The van der Waals surface area contributed by atoms with E-state index in [-0.39, 0.29) is 36.8 Å². The minimum atomic E-state index is -0.161. The Balaban J connectivity index is 0.00000264. The number of nitrogens with zero attached hydrogens (tertiary/aromatic N) is 1. The van der Waals surface area contributed by atoms with Gasteiger partial charge in [0.15, 0.2) is 0 Å². The summed E-state index contributed by atoms with van der Waals surface area (Å²) in [6.45, 7) is 4.64. The number of hydrogen-bond donors (Lipinski definition) is 2. The number of anilines is 1. The van der Waals surface area contributed by atoms with Crippen molar-refractivity contribution in [3.05, 3.63) is 24.3 Å². The largest absolute Gasteiger partial charge is 0.351 e. The van der Waals surface area contributed by atoms with Crippen LogP contribution >= 0.6 is 24.2 Å². The number of nitrogens with two attached hydrogens (primary N) is 1.